The molecule has 1 aliphatic rings. The molecule has 2 rings (SSSR count). The van der Waals surface area contributed by atoms with Gasteiger partial charge in [0.05, 0.1) is 25.5 Å². The van der Waals surface area contributed by atoms with Gasteiger partial charge >= 0.3 is 0 Å². The van der Waals surface area contributed by atoms with Gasteiger partial charge in [0, 0.05) is 31.5 Å². The number of amides is 1. The van der Waals surface area contributed by atoms with Gasteiger partial charge in [-0.2, -0.15) is 4.31 Å². The summed E-state index contributed by atoms with van der Waals surface area (Å²) in [5, 5.41) is 11.3. The van der Waals surface area contributed by atoms with E-state index in [1.807, 2.05) is 32.9 Å². The van der Waals surface area contributed by atoms with Gasteiger partial charge < -0.3 is 19.9 Å². The van der Waals surface area contributed by atoms with Crippen molar-refractivity contribution in [1.29, 1.82) is 0 Å². The van der Waals surface area contributed by atoms with E-state index in [9.17, 15) is 13.2 Å². The van der Waals surface area contributed by atoms with Crippen LogP contribution in [0.2, 0.25) is 0 Å². The molecule has 1 heterocycles. The van der Waals surface area contributed by atoms with Crippen LogP contribution in [0.15, 0.2) is 18.2 Å². The highest BCUT2D eigenvalue weighted by molar-refractivity contribution is 7.88. The zero-order valence-corrected chi connectivity index (χ0v) is 18.4. The quantitative estimate of drug-likeness (QED) is 0.551. The van der Waals surface area contributed by atoms with E-state index in [-0.39, 0.29) is 25.1 Å². The van der Waals surface area contributed by atoms with Crippen molar-refractivity contribution in [2.45, 2.75) is 51.7 Å². The zero-order valence-electron chi connectivity index (χ0n) is 17.6. The van der Waals surface area contributed by atoms with Crippen molar-refractivity contribution >= 4 is 15.9 Å². The SMILES string of the molecule is CCN(C1CC(C)(C)Oc2ccc(OCCCC(=O)NCCO)cc21)S(C)(=O)=O. The fraction of sp³-hybridized carbons (Fsp3) is 0.650. The van der Waals surface area contributed by atoms with Crippen LogP contribution in [0.25, 0.3) is 0 Å². The molecule has 1 atom stereocenters. The van der Waals surface area contributed by atoms with Crippen molar-refractivity contribution < 1.29 is 27.8 Å². The van der Waals surface area contributed by atoms with Crippen molar-refractivity contribution in [2.75, 3.05) is 32.6 Å². The lowest BCUT2D eigenvalue weighted by Crippen LogP contribution is -2.43. The van der Waals surface area contributed by atoms with Crippen LogP contribution in [-0.2, 0) is 14.8 Å². The Morgan fingerprint density at radius 2 is 2.14 bits per heavy atom. The fourth-order valence-corrected chi connectivity index (χ4v) is 4.65. The zero-order chi connectivity index (χ0) is 21.7. The minimum atomic E-state index is -3.38. The monoisotopic (exact) mass is 428 g/mol. The van der Waals surface area contributed by atoms with Gasteiger partial charge in [0.15, 0.2) is 0 Å². The Bertz CT molecular complexity index is 809. The number of aliphatic hydroxyl groups is 1. The van der Waals surface area contributed by atoms with Crippen molar-refractivity contribution in [2.24, 2.45) is 0 Å². The summed E-state index contributed by atoms with van der Waals surface area (Å²) in [5.74, 6) is 1.14. The first-order chi connectivity index (χ1) is 13.6. The normalized spacial score (nSPS) is 18.1. The lowest BCUT2D eigenvalue weighted by atomic mass is 9.89. The molecule has 1 aromatic rings. The molecular weight excluding hydrogens is 396 g/mol. The molecule has 8 nitrogen and oxygen atoms in total. The Hall–Kier alpha value is -1.84. The highest BCUT2D eigenvalue weighted by Crippen LogP contribution is 2.44. The van der Waals surface area contributed by atoms with E-state index in [2.05, 4.69) is 5.32 Å². The van der Waals surface area contributed by atoms with Crippen LogP contribution >= 0.6 is 0 Å². The van der Waals surface area contributed by atoms with Crippen LogP contribution in [0.4, 0.5) is 0 Å². The number of sulfonamides is 1. The second kappa shape index (κ2) is 9.77. The molecule has 0 spiro atoms. The molecule has 1 unspecified atom stereocenters. The molecule has 164 valence electrons. The number of ether oxygens (including phenoxy) is 2. The van der Waals surface area contributed by atoms with E-state index in [1.165, 1.54) is 10.6 Å². The van der Waals surface area contributed by atoms with E-state index in [1.54, 1.807) is 6.07 Å². The van der Waals surface area contributed by atoms with Gasteiger partial charge in [-0.15, -0.1) is 0 Å². The van der Waals surface area contributed by atoms with Gasteiger partial charge in [-0.05, 0) is 38.5 Å². The second-order valence-corrected chi connectivity index (χ2v) is 9.71. The number of aliphatic hydroxyl groups excluding tert-OH is 1. The number of benzene rings is 1. The highest BCUT2D eigenvalue weighted by Gasteiger charge is 2.39. The molecular formula is C20H32N2O6S. The fourth-order valence-electron chi connectivity index (χ4n) is 3.53. The molecule has 0 saturated heterocycles. The third-order valence-corrected chi connectivity index (χ3v) is 6.11. The average molecular weight is 429 g/mol. The summed E-state index contributed by atoms with van der Waals surface area (Å²) in [6.07, 6.45) is 2.60. The summed E-state index contributed by atoms with van der Waals surface area (Å²) in [6, 6.07) is 5.10. The molecule has 0 fully saturated rings. The summed E-state index contributed by atoms with van der Waals surface area (Å²) in [6.45, 7) is 6.61. The number of carbonyl (C=O) groups is 1. The highest BCUT2D eigenvalue weighted by atomic mass is 32.2. The van der Waals surface area contributed by atoms with Crippen molar-refractivity contribution in [3.05, 3.63) is 23.8 Å². The van der Waals surface area contributed by atoms with Crippen LogP contribution < -0.4 is 14.8 Å². The van der Waals surface area contributed by atoms with E-state index in [0.717, 1.165) is 5.56 Å². The van der Waals surface area contributed by atoms with Crippen LogP contribution in [0.1, 0.15) is 51.6 Å². The van der Waals surface area contributed by atoms with Gasteiger partial charge in [0.2, 0.25) is 15.9 Å². The second-order valence-electron chi connectivity index (χ2n) is 7.77. The maximum Gasteiger partial charge on any atom is 0.220 e. The summed E-state index contributed by atoms with van der Waals surface area (Å²) in [5.41, 5.74) is 0.301. The number of nitrogens with zero attached hydrogens (tertiary/aromatic N) is 1. The lowest BCUT2D eigenvalue weighted by Gasteiger charge is -2.41. The van der Waals surface area contributed by atoms with Gasteiger partial charge in [0.25, 0.3) is 0 Å². The van der Waals surface area contributed by atoms with Gasteiger partial charge in [-0.25, -0.2) is 8.42 Å². The Balaban J connectivity index is 2.12. The molecule has 29 heavy (non-hydrogen) atoms. The molecule has 0 aromatic heterocycles. The molecule has 0 bridgehead atoms. The van der Waals surface area contributed by atoms with Crippen molar-refractivity contribution in [3.63, 3.8) is 0 Å². The number of nitrogens with one attached hydrogen (secondary N) is 1. The molecule has 1 amide bonds. The minimum absolute atomic E-state index is 0.0837. The standard InChI is InChI=1S/C20H32N2O6S/c1-5-22(29(4,25)26)17-14-20(2,3)28-18-9-8-15(13-16(17)18)27-12-6-7-19(24)21-10-11-23/h8-9,13,17,23H,5-7,10-12,14H2,1-4H3,(H,21,24). The van der Waals surface area contributed by atoms with Crippen LogP contribution in [0.5, 0.6) is 11.5 Å². The number of hydrogen-bond acceptors (Lipinski definition) is 6. The number of fused-ring (bicyclic) bond motifs is 1. The maximum atomic E-state index is 12.3. The topological polar surface area (TPSA) is 105 Å². The molecule has 1 aliphatic heterocycles. The first kappa shape index (κ1) is 23.4. The third kappa shape index (κ3) is 6.58. The summed E-state index contributed by atoms with van der Waals surface area (Å²) >= 11 is 0. The third-order valence-electron chi connectivity index (χ3n) is 4.75. The average Bonchev–Trinajstić information content (AvgIpc) is 2.62. The van der Waals surface area contributed by atoms with Gasteiger partial charge in [0.1, 0.15) is 17.1 Å². The number of hydrogen-bond donors (Lipinski definition) is 2. The van der Waals surface area contributed by atoms with E-state index >= 15 is 0 Å². The van der Waals surface area contributed by atoms with Gasteiger partial charge in [-0.3, -0.25) is 4.79 Å². The Kier molecular flexibility index (Phi) is 7.90. The van der Waals surface area contributed by atoms with Crippen LogP contribution in [0, 0.1) is 0 Å². The molecule has 9 heteroatoms. The maximum absolute atomic E-state index is 12.3. The van der Waals surface area contributed by atoms with E-state index in [0.29, 0.717) is 43.9 Å². The molecule has 2 N–H and O–H groups in total. The van der Waals surface area contributed by atoms with Crippen molar-refractivity contribution in [1.82, 2.24) is 9.62 Å². The summed E-state index contributed by atoms with van der Waals surface area (Å²) < 4.78 is 38.0. The Labute approximate surface area is 173 Å². The predicted molar refractivity (Wildman–Crippen MR) is 111 cm³/mol. The predicted octanol–water partition coefficient (Wildman–Crippen LogP) is 1.84. The smallest absolute Gasteiger partial charge is 0.220 e. The Morgan fingerprint density at radius 3 is 2.76 bits per heavy atom. The molecule has 0 saturated carbocycles. The van der Waals surface area contributed by atoms with Crippen LogP contribution in [0.3, 0.4) is 0 Å². The first-order valence-electron chi connectivity index (χ1n) is 9.87. The first-order valence-corrected chi connectivity index (χ1v) is 11.7. The molecule has 0 aliphatic carbocycles. The largest absolute Gasteiger partial charge is 0.494 e. The molecule has 0 radical (unpaired) electrons. The molecule has 1 aromatic carbocycles. The van der Waals surface area contributed by atoms with Crippen molar-refractivity contribution in [3.8, 4) is 11.5 Å². The summed E-state index contributed by atoms with van der Waals surface area (Å²) in [7, 11) is -3.38. The van der Waals surface area contributed by atoms with E-state index < -0.39 is 15.6 Å². The summed E-state index contributed by atoms with van der Waals surface area (Å²) in [4.78, 5) is 11.6. The van der Waals surface area contributed by atoms with Crippen LogP contribution in [-0.4, -0.2) is 61.9 Å². The Morgan fingerprint density at radius 1 is 1.41 bits per heavy atom. The van der Waals surface area contributed by atoms with E-state index in [4.69, 9.17) is 14.6 Å². The lowest BCUT2D eigenvalue weighted by molar-refractivity contribution is -0.121. The minimum Gasteiger partial charge on any atom is -0.494 e. The number of rotatable bonds is 10. The number of carbonyl (C=O) groups excluding carboxylic acids is 1. The van der Waals surface area contributed by atoms with Gasteiger partial charge in [-0.1, -0.05) is 6.92 Å².